The highest BCUT2D eigenvalue weighted by molar-refractivity contribution is 7.92. The van der Waals surface area contributed by atoms with Gasteiger partial charge in [0.1, 0.15) is 0 Å². The molecule has 158 valence electrons. The zero-order chi connectivity index (χ0) is 21.5. The third kappa shape index (κ3) is 7.75. The highest BCUT2D eigenvalue weighted by Crippen LogP contribution is 2.20. The van der Waals surface area contributed by atoms with Gasteiger partial charge in [-0.3, -0.25) is 4.72 Å². The molecule has 0 aliphatic carbocycles. The van der Waals surface area contributed by atoms with Crippen molar-refractivity contribution in [2.45, 2.75) is 50.5 Å². The lowest BCUT2D eigenvalue weighted by molar-refractivity contribution is 0.252. The summed E-state index contributed by atoms with van der Waals surface area (Å²) in [6, 6.07) is 12.9. The standard InChI is InChI=1S/C21H30N4O3S/c1-4-5-14-23-20(26)24-17-10-12-19(13-11-17)29(27,28)25-18-8-6-16(7-9-18)15-21(2,3)22/h6-13,25H,4-5,14-15,22H2,1-3H3,(H2,23,24,26). The molecule has 2 aromatic carbocycles. The Morgan fingerprint density at radius 1 is 1.00 bits per heavy atom. The molecule has 29 heavy (non-hydrogen) atoms. The van der Waals surface area contributed by atoms with Crippen molar-refractivity contribution in [1.82, 2.24) is 5.32 Å². The van der Waals surface area contributed by atoms with Crippen LogP contribution in [-0.2, 0) is 16.4 Å². The highest BCUT2D eigenvalue weighted by atomic mass is 32.2. The van der Waals surface area contributed by atoms with Crippen LogP contribution in [0.25, 0.3) is 0 Å². The largest absolute Gasteiger partial charge is 0.338 e. The molecule has 2 amide bonds. The molecule has 0 aliphatic rings. The van der Waals surface area contributed by atoms with Gasteiger partial charge < -0.3 is 16.4 Å². The first-order chi connectivity index (χ1) is 13.6. The Morgan fingerprint density at radius 2 is 1.59 bits per heavy atom. The van der Waals surface area contributed by atoms with Crippen LogP contribution in [0.15, 0.2) is 53.4 Å². The van der Waals surface area contributed by atoms with Crippen molar-refractivity contribution < 1.29 is 13.2 Å². The van der Waals surface area contributed by atoms with E-state index in [1.807, 2.05) is 32.9 Å². The monoisotopic (exact) mass is 418 g/mol. The number of rotatable bonds is 9. The summed E-state index contributed by atoms with van der Waals surface area (Å²) in [5, 5.41) is 5.42. The molecule has 0 spiro atoms. The summed E-state index contributed by atoms with van der Waals surface area (Å²) in [5.74, 6) is 0. The van der Waals surface area contributed by atoms with Gasteiger partial charge in [0, 0.05) is 23.5 Å². The summed E-state index contributed by atoms with van der Waals surface area (Å²) >= 11 is 0. The van der Waals surface area contributed by atoms with Crippen LogP contribution in [0.4, 0.5) is 16.2 Å². The van der Waals surface area contributed by atoms with E-state index < -0.39 is 10.0 Å². The van der Waals surface area contributed by atoms with E-state index in [0.29, 0.717) is 24.3 Å². The lowest BCUT2D eigenvalue weighted by Crippen LogP contribution is -2.34. The maximum absolute atomic E-state index is 12.6. The Morgan fingerprint density at radius 3 is 2.14 bits per heavy atom. The van der Waals surface area contributed by atoms with E-state index in [-0.39, 0.29) is 16.5 Å². The molecule has 8 heteroatoms. The average Bonchev–Trinajstić information content (AvgIpc) is 2.63. The van der Waals surface area contributed by atoms with Crippen LogP contribution in [0.1, 0.15) is 39.2 Å². The smallest absolute Gasteiger partial charge is 0.319 e. The van der Waals surface area contributed by atoms with Gasteiger partial charge in [-0.15, -0.1) is 0 Å². The molecule has 2 aromatic rings. The molecule has 0 aliphatic heterocycles. The molecule has 0 bridgehead atoms. The number of nitrogens with two attached hydrogens (primary N) is 1. The summed E-state index contributed by atoms with van der Waals surface area (Å²) in [7, 11) is -3.73. The molecule has 0 heterocycles. The van der Waals surface area contributed by atoms with Gasteiger partial charge in [0.05, 0.1) is 4.90 Å². The Balaban J connectivity index is 1.99. The van der Waals surface area contributed by atoms with Crippen LogP contribution in [0.5, 0.6) is 0 Å². The second-order valence-electron chi connectivity index (χ2n) is 7.73. The number of urea groups is 1. The maximum Gasteiger partial charge on any atom is 0.319 e. The summed E-state index contributed by atoms with van der Waals surface area (Å²) < 4.78 is 27.7. The van der Waals surface area contributed by atoms with Gasteiger partial charge in [-0.25, -0.2) is 13.2 Å². The van der Waals surface area contributed by atoms with E-state index >= 15 is 0 Å². The number of anilines is 2. The molecule has 0 fully saturated rings. The topological polar surface area (TPSA) is 113 Å². The first-order valence-electron chi connectivity index (χ1n) is 9.64. The first kappa shape index (κ1) is 22.7. The van der Waals surface area contributed by atoms with Crippen LogP contribution < -0.4 is 21.1 Å². The fourth-order valence-electron chi connectivity index (χ4n) is 2.70. The molecule has 0 unspecified atom stereocenters. The molecule has 0 atom stereocenters. The van der Waals surface area contributed by atoms with E-state index in [0.717, 1.165) is 18.4 Å². The third-order valence-electron chi connectivity index (χ3n) is 4.10. The molecule has 5 N–H and O–H groups in total. The van der Waals surface area contributed by atoms with Crippen LogP contribution in [-0.4, -0.2) is 26.5 Å². The van der Waals surface area contributed by atoms with Crippen molar-refractivity contribution in [2.75, 3.05) is 16.6 Å². The fourth-order valence-corrected chi connectivity index (χ4v) is 3.76. The first-order valence-corrected chi connectivity index (χ1v) is 11.1. The van der Waals surface area contributed by atoms with Crippen molar-refractivity contribution in [1.29, 1.82) is 0 Å². The molecular formula is C21H30N4O3S. The number of sulfonamides is 1. The van der Waals surface area contributed by atoms with Gasteiger partial charge in [-0.2, -0.15) is 0 Å². The number of hydrogen-bond donors (Lipinski definition) is 4. The molecule has 2 rings (SSSR count). The van der Waals surface area contributed by atoms with Gasteiger partial charge in [-0.1, -0.05) is 25.5 Å². The van der Waals surface area contributed by atoms with Crippen LogP contribution in [0.3, 0.4) is 0 Å². The lowest BCUT2D eigenvalue weighted by atomic mass is 9.96. The minimum atomic E-state index is -3.73. The Labute approximate surface area is 173 Å². The van der Waals surface area contributed by atoms with Crippen molar-refractivity contribution >= 4 is 27.4 Å². The molecular weight excluding hydrogens is 388 g/mol. The molecule has 0 saturated carbocycles. The maximum atomic E-state index is 12.6. The molecule has 0 saturated heterocycles. The van der Waals surface area contributed by atoms with Gasteiger partial charge in [0.25, 0.3) is 10.0 Å². The minimum Gasteiger partial charge on any atom is -0.338 e. The average molecular weight is 419 g/mol. The Bertz CT molecular complexity index is 902. The minimum absolute atomic E-state index is 0.113. The number of carbonyl (C=O) groups is 1. The van der Waals surface area contributed by atoms with Gasteiger partial charge in [-0.05, 0) is 68.7 Å². The van der Waals surface area contributed by atoms with E-state index in [1.165, 1.54) is 12.1 Å². The number of amides is 2. The van der Waals surface area contributed by atoms with Crippen LogP contribution in [0, 0.1) is 0 Å². The second kappa shape index (κ2) is 9.76. The van der Waals surface area contributed by atoms with Crippen LogP contribution >= 0.6 is 0 Å². The number of carbonyl (C=O) groups excluding carboxylic acids is 1. The summed E-state index contributed by atoms with van der Waals surface area (Å²) in [4.78, 5) is 11.9. The lowest BCUT2D eigenvalue weighted by Gasteiger charge is -2.18. The second-order valence-corrected chi connectivity index (χ2v) is 9.41. The van der Waals surface area contributed by atoms with Crippen molar-refractivity contribution in [2.24, 2.45) is 5.73 Å². The van der Waals surface area contributed by atoms with Gasteiger partial charge in [0.15, 0.2) is 0 Å². The fraction of sp³-hybridized carbons (Fsp3) is 0.381. The molecule has 0 radical (unpaired) electrons. The number of unbranched alkanes of at least 4 members (excludes halogenated alkanes) is 1. The quantitative estimate of drug-likeness (QED) is 0.465. The zero-order valence-corrected chi connectivity index (χ0v) is 18.0. The Kier molecular flexibility index (Phi) is 7.64. The van der Waals surface area contributed by atoms with Crippen LogP contribution in [0.2, 0.25) is 0 Å². The number of hydrogen-bond acceptors (Lipinski definition) is 4. The predicted octanol–water partition coefficient (Wildman–Crippen LogP) is 3.69. The Hall–Kier alpha value is -2.58. The summed E-state index contributed by atoms with van der Waals surface area (Å²) in [6.07, 6.45) is 2.59. The van der Waals surface area contributed by atoms with Crippen molar-refractivity contribution in [3.8, 4) is 0 Å². The number of benzene rings is 2. The normalized spacial score (nSPS) is 11.7. The summed E-state index contributed by atoms with van der Waals surface area (Å²) in [5.41, 5.74) is 7.71. The van der Waals surface area contributed by atoms with E-state index in [2.05, 4.69) is 15.4 Å². The highest BCUT2D eigenvalue weighted by Gasteiger charge is 2.15. The number of nitrogens with one attached hydrogen (secondary N) is 3. The van der Waals surface area contributed by atoms with Crippen molar-refractivity contribution in [3.63, 3.8) is 0 Å². The van der Waals surface area contributed by atoms with E-state index in [4.69, 9.17) is 5.73 Å². The summed E-state index contributed by atoms with van der Waals surface area (Å²) in [6.45, 7) is 6.52. The third-order valence-corrected chi connectivity index (χ3v) is 5.50. The van der Waals surface area contributed by atoms with Gasteiger partial charge in [0.2, 0.25) is 0 Å². The van der Waals surface area contributed by atoms with Gasteiger partial charge >= 0.3 is 6.03 Å². The molecule has 0 aromatic heterocycles. The zero-order valence-electron chi connectivity index (χ0n) is 17.2. The van der Waals surface area contributed by atoms with E-state index in [1.54, 1.807) is 24.3 Å². The molecule has 7 nitrogen and oxygen atoms in total. The van der Waals surface area contributed by atoms with Crippen molar-refractivity contribution in [3.05, 3.63) is 54.1 Å². The predicted molar refractivity (Wildman–Crippen MR) is 118 cm³/mol. The van der Waals surface area contributed by atoms with E-state index in [9.17, 15) is 13.2 Å². The SMILES string of the molecule is CCCCNC(=O)Nc1ccc(S(=O)(=O)Nc2ccc(CC(C)(C)N)cc2)cc1.